The number of piperidine rings is 1. The molecule has 1 aliphatic heterocycles. The third-order valence-electron chi connectivity index (χ3n) is 5.07. The first-order valence-corrected chi connectivity index (χ1v) is 10.9. The number of rotatable bonds is 8. The Hall–Kier alpha value is -4.29. The summed E-state index contributed by atoms with van der Waals surface area (Å²) in [5, 5.41) is 17.3. The Bertz CT molecular complexity index is 1100. The van der Waals surface area contributed by atoms with Crippen LogP contribution in [0.4, 0.5) is 15.1 Å². The van der Waals surface area contributed by atoms with Crippen molar-refractivity contribution in [3.63, 3.8) is 0 Å². The van der Waals surface area contributed by atoms with Crippen molar-refractivity contribution in [3.8, 4) is 11.1 Å². The van der Waals surface area contributed by atoms with Gasteiger partial charge in [-0.05, 0) is 0 Å². The Morgan fingerprint density at radius 1 is 1.26 bits per heavy atom. The second kappa shape index (κ2) is 12.3. The molecule has 2 amide bonds. The first-order chi connectivity index (χ1) is 16.8. The lowest BCUT2D eigenvalue weighted by Gasteiger charge is -2.27. The maximum absolute atomic E-state index is 15.0. The molecule has 186 valence electrons. The Kier molecular flexibility index (Phi) is 8.87. The lowest BCUT2D eigenvalue weighted by atomic mass is 10.0. The molecular weight excluding hydrogens is 459 g/mol. The van der Waals surface area contributed by atoms with Crippen molar-refractivity contribution in [3.05, 3.63) is 42.0 Å². The Morgan fingerprint density at radius 3 is 2.63 bits per heavy atom. The van der Waals surface area contributed by atoms with Gasteiger partial charge in [0.15, 0.2) is 5.96 Å². The first-order valence-electron chi connectivity index (χ1n) is 10.9. The molecule has 2 heterocycles. The molecule has 0 radical (unpaired) electrons. The molecule has 1 aromatic carbocycles. The number of nitrogens with zero attached hydrogens (tertiary/aromatic N) is 5. The summed E-state index contributed by atoms with van der Waals surface area (Å²) in [7, 11) is 0. The van der Waals surface area contributed by atoms with E-state index in [1.165, 1.54) is 6.92 Å². The summed E-state index contributed by atoms with van der Waals surface area (Å²) < 4.78 is 15.0. The molecule has 35 heavy (non-hydrogen) atoms. The molecule has 13 heteroatoms. The van der Waals surface area contributed by atoms with Gasteiger partial charge < -0.3 is 25.9 Å². The standard InChI is InChI=1S/C22H27FN8O4/c1-14(32)25-7-10-35-30-17-5-8-31(9-6-17)21-27-12-16(13-28-21)18-4-2-3-15(19(18)23)11-26-20(24)29-22(33)34/h2-4,12-13H,5-11H2,1H3,(H,25,32)(H,33,34)(H3,24,26,29). The van der Waals surface area contributed by atoms with Crippen LogP contribution in [0.2, 0.25) is 0 Å². The van der Waals surface area contributed by atoms with E-state index < -0.39 is 11.9 Å². The summed E-state index contributed by atoms with van der Waals surface area (Å²) in [5.41, 5.74) is 7.44. The van der Waals surface area contributed by atoms with E-state index in [4.69, 9.17) is 15.7 Å². The van der Waals surface area contributed by atoms with Gasteiger partial charge in [0.05, 0.1) is 18.8 Å². The Labute approximate surface area is 201 Å². The van der Waals surface area contributed by atoms with Crippen LogP contribution in [0.3, 0.4) is 0 Å². The third-order valence-corrected chi connectivity index (χ3v) is 5.07. The maximum Gasteiger partial charge on any atom is 0.411 e. The summed E-state index contributed by atoms with van der Waals surface area (Å²) in [6, 6.07) is 4.82. The van der Waals surface area contributed by atoms with Gasteiger partial charge in [-0.25, -0.2) is 24.1 Å². The zero-order chi connectivity index (χ0) is 25.2. The summed E-state index contributed by atoms with van der Waals surface area (Å²) in [6.07, 6.45) is 3.16. The van der Waals surface area contributed by atoms with Gasteiger partial charge in [-0.15, -0.1) is 0 Å². The highest BCUT2D eigenvalue weighted by atomic mass is 19.1. The van der Waals surface area contributed by atoms with Gasteiger partial charge in [0, 0.05) is 61.9 Å². The van der Waals surface area contributed by atoms with Crippen molar-refractivity contribution in [2.24, 2.45) is 15.9 Å². The van der Waals surface area contributed by atoms with Crippen LogP contribution in [-0.4, -0.2) is 65.0 Å². The molecule has 1 fully saturated rings. The number of carbonyl (C=O) groups is 2. The number of aliphatic imine (C=N–C) groups is 1. The van der Waals surface area contributed by atoms with Gasteiger partial charge in [0.1, 0.15) is 12.4 Å². The average Bonchev–Trinajstić information content (AvgIpc) is 2.83. The van der Waals surface area contributed by atoms with Gasteiger partial charge in [-0.1, -0.05) is 23.4 Å². The fourth-order valence-corrected chi connectivity index (χ4v) is 3.33. The van der Waals surface area contributed by atoms with Crippen molar-refractivity contribution >= 4 is 29.6 Å². The summed E-state index contributed by atoms with van der Waals surface area (Å²) in [6.45, 7) is 3.38. The number of amides is 2. The molecule has 2 aromatic rings. The molecule has 1 saturated heterocycles. The minimum Gasteiger partial charge on any atom is -0.465 e. The lowest BCUT2D eigenvalue weighted by molar-refractivity contribution is -0.119. The molecule has 1 aromatic heterocycles. The quantitative estimate of drug-likeness (QED) is 0.188. The number of guanidine groups is 1. The van der Waals surface area contributed by atoms with E-state index in [0.717, 1.165) is 5.71 Å². The van der Waals surface area contributed by atoms with Gasteiger partial charge in [0.25, 0.3) is 0 Å². The van der Waals surface area contributed by atoms with Crippen molar-refractivity contribution in [2.45, 2.75) is 26.3 Å². The zero-order valence-electron chi connectivity index (χ0n) is 19.2. The van der Waals surface area contributed by atoms with Crippen LogP contribution in [0.1, 0.15) is 25.3 Å². The van der Waals surface area contributed by atoms with Crippen molar-refractivity contribution in [1.82, 2.24) is 20.6 Å². The molecule has 1 aliphatic rings. The molecule has 0 spiro atoms. The van der Waals surface area contributed by atoms with Gasteiger partial charge in [-0.2, -0.15) is 0 Å². The molecule has 12 nitrogen and oxygen atoms in total. The second-order valence-electron chi connectivity index (χ2n) is 7.64. The average molecular weight is 487 g/mol. The number of nitrogens with two attached hydrogens (primary N) is 1. The van der Waals surface area contributed by atoms with Crippen LogP contribution in [0.5, 0.6) is 0 Å². The van der Waals surface area contributed by atoms with E-state index in [0.29, 0.717) is 56.2 Å². The van der Waals surface area contributed by atoms with Crippen LogP contribution in [0, 0.1) is 5.82 Å². The Balaban J connectivity index is 1.58. The monoisotopic (exact) mass is 486 g/mol. The molecule has 0 bridgehead atoms. The van der Waals surface area contributed by atoms with E-state index >= 15 is 4.39 Å². The minimum absolute atomic E-state index is 0.110. The fraction of sp³-hybridized carbons (Fsp3) is 0.364. The largest absolute Gasteiger partial charge is 0.465 e. The van der Waals surface area contributed by atoms with Crippen molar-refractivity contribution in [2.75, 3.05) is 31.1 Å². The highest BCUT2D eigenvalue weighted by Crippen LogP contribution is 2.25. The number of anilines is 1. The van der Waals surface area contributed by atoms with Crippen LogP contribution in [0.25, 0.3) is 11.1 Å². The van der Waals surface area contributed by atoms with Crippen LogP contribution >= 0.6 is 0 Å². The summed E-state index contributed by atoms with van der Waals surface area (Å²) in [4.78, 5) is 41.3. The third kappa shape index (κ3) is 7.62. The lowest BCUT2D eigenvalue weighted by Crippen LogP contribution is -2.35. The van der Waals surface area contributed by atoms with Crippen LogP contribution in [-0.2, 0) is 16.2 Å². The SMILES string of the molecule is CC(=O)NCCON=C1CCN(c2ncc(-c3cccc(CN=C(N)NC(=O)O)c3F)cn2)CC1. The molecule has 0 saturated carbocycles. The van der Waals surface area contributed by atoms with E-state index in [-0.39, 0.29) is 24.0 Å². The van der Waals surface area contributed by atoms with Gasteiger partial charge in [-0.3, -0.25) is 10.1 Å². The number of benzene rings is 1. The minimum atomic E-state index is -1.35. The van der Waals surface area contributed by atoms with E-state index in [9.17, 15) is 9.59 Å². The molecule has 0 unspecified atom stereocenters. The molecule has 3 rings (SSSR count). The van der Waals surface area contributed by atoms with Crippen molar-refractivity contribution < 1.29 is 23.9 Å². The number of carboxylic acid groups (broad SMARTS) is 1. The normalized spacial score (nSPS) is 13.8. The highest BCUT2D eigenvalue weighted by molar-refractivity contribution is 5.92. The number of aromatic nitrogens is 2. The maximum atomic E-state index is 15.0. The van der Waals surface area contributed by atoms with Gasteiger partial charge in [0.2, 0.25) is 11.9 Å². The number of oxime groups is 1. The first kappa shape index (κ1) is 25.3. The van der Waals surface area contributed by atoms with Gasteiger partial charge >= 0.3 is 6.09 Å². The topological polar surface area (TPSA) is 167 Å². The Morgan fingerprint density at radius 2 is 1.97 bits per heavy atom. The molecule has 5 N–H and O–H groups in total. The highest BCUT2D eigenvalue weighted by Gasteiger charge is 2.18. The van der Waals surface area contributed by atoms with Crippen LogP contribution < -0.4 is 21.3 Å². The van der Waals surface area contributed by atoms with E-state index in [2.05, 4.69) is 25.4 Å². The van der Waals surface area contributed by atoms with E-state index in [1.807, 2.05) is 10.2 Å². The summed E-state index contributed by atoms with van der Waals surface area (Å²) in [5.74, 6) is -0.400. The molecule has 0 atom stereocenters. The number of carbonyl (C=O) groups excluding carboxylic acids is 1. The summed E-state index contributed by atoms with van der Waals surface area (Å²) >= 11 is 0. The second-order valence-corrected chi connectivity index (χ2v) is 7.64. The van der Waals surface area contributed by atoms with Crippen LogP contribution in [0.15, 0.2) is 40.7 Å². The number of halogens is 1. The molecule has 0 aliphatic carbocycles. The molecular formula is C22H27FN8O4. The fourth-order valence-electron chi connectivity index (χ4n) is 3.33. The number of hydrogen-bond donors (Lipinski definition) is 4. The smallest absolute Gasteiger partial charge is 0.411 e. The zero-order valence-corrected chi connectivity index (χ0v) is 19.2. The predicted molar refractivity (Wildman–Crippen MR) is 127 cm³/mol. The number of hydrogen-bond acceptors (Lipinski definition) is 8. The van der Waals surface area contributed by atoms with Crippen molar-refractivity contribution in [1.29, 1.82) is 0 Å². The number of nitrogens with one attached hydrogen (secondary N) is 2. The predicted octanol–water partition coefficient (Wildman–Crippen LogP) is 1.47. The van der Waals surface area contributed by atoms with E-state index in [1.54, 1.807) is 30.6 Å².